The molecule has 0 radical (unpaired) electrons. The molecule has 144 valence electrons. The van der Waals surface area contributed by atoms with Gasteiger partial charge < -0.3 is 4.90 Å². The van der Waals surface area contributed by atoms with Gasteiger partial charge in [-0.25, -0.2) is 4.98 Å². The van der Waals surface area contributed by atoms with Crippen LogP contribution in [0.2, 0.25) is 5.02 Å². The Hall–Kier alpha value is -2.31. The van der Waals surface area contributed by atoms with Crippen molar-refractivity contribution in [1.29, 1.82) is 0 Å². The smallest absolute Gasteiger partial charge is 0.266 e. The lowest BCUT2D eigenvalue weighted by molar-refractivity contribution is -0.129. The molecule has 1 aliphatic rings. The molecule has 0 N–H and O–H groups in total. The van der Waals surface area contributed by atoms with Crippen LogP contribution in [0.4, 0.5) is 0 Å². The number of carbonyl (C=O) groups excluding carboxylic acids is 1. The van der Waals surface area contributed by atoms with Gasteiger partial charge in [0.2, 0.25) is 5.91 Å². The average Bonchev–Trinajstić information content (AvgIpc) is 3.22. The van der Waals surface area contributed by atoms with E-state index >= 15 is 0 Å². The van der Waals surface area contributed by atoms with Crippen molar-refractivity contribution >= 4 is 40.2 Å². The number of amides is 1. The van der Waals surface area contributed by atoms with Crippen LogP contribution in [-0.2, 0) is 4.79 Å². The fourth-order valence-electron chi connectivity index (χ4n) is 3.44. The molecule has 2 aromatic carbocycles. The first kappa shape index (κ1) is 19.0. The maximum absolute atomic E-state index is 13.2. The molecule has 1 aromatic heterocycles. The van der Waals surface area contributed by atoms with Crippen LogP contribution in [0.15, 0.2) is 58.5 Å². The summed E-state index contributed by atoms with van der Waals surface area (Å²) in [6.07, 6.45) is 2.09. The van der Waals surface area contributed by atoms with Crippen LogP contribution in [0.1, 0.15) is 19.8 Å². The van der Waals surface area contributed by atoms with Crippen molar-refractivity contribution in [2.24, 2.45) is 0 Å². The quantitative estimate of drug-likeness (QED) is 0.476. The molecule has 0 spiro atoms. The van der Waals surface area contributed by atoms with Crippen LogP contribution in [-0.4, -0.2) is 38.7 Å². The van der Waals surface area contributed by atoms with E-state index in [0.29, 0.717) is 26.8 Å². The van der Waals surface area contributed by atoms with Crippen molar-refractivity contribution in [3.05, 3.63) is 63.9 Å². The van der Waals surface area contributed by atoms with Crippen molar-refractivity contribution in [3.8, 4) is 5.69 Å². The van der Waals surface area contributed by atoms with Gasteiger partial charge in [0.15, 0.2) is 5.16 Å². The number of rotatable bonds is 4. The maximum Gasteiger partial charge on any atom is 0.266 e. The molecule has 28 heavy (non-hydrogen) atoms. The van der Waals surface area contributed by atoms with Crippen LogP contribution in [0.3, 0.4) is 0 Å². The van der Waals surface area contributed by atoms with Crippen LogP contribution in [0.5, 0.6) is 0 Å². The number of carbonyl (C=O) groups is 1. The Bertz CT molecular complexity index is 1090. The average molecular weight is 414 g/mol. The first-order chi connectivity index (χ1) is 13.5. The highest BCUT2D eigenvalue weighted by molar-refractivity contribution is 8.00. The highest BCUT2D eigenvalue weighted by Gasteiger charge is 2.26. The summed E-state index contributed by atoms with van der Waals surface area (Å²) in [5.41, 5.74) is 1.09. The monoisotopic (exact) mass is 413 g/mol. The molecule has 4 rings (SSSR count). The number of likely N-dealkylation sites (tertiary alicyclic amines) is 1. The van der Waals surface area contributed by atoms with Gasteiger partial charge in [0, 0.05) is 18.1 Å². The highest BCUT2D eigenvalue weighted by Crippen LogP contribution is 2.27. The number of aromatic nitrogens is 2. The second-order valence-corrected chi connectivity index (χ2v) is 8.57. The third-order valence-electron chi connectivity index (χ3n) is 4.86. The summed E-state index contributed by atoms with van der Waals surface area (Å²) < 4.78 is 1.55. The molecule has 0 bridgehead atoms. The van der Waals surface area contributed by atoms with Crippen LogP contribution >= 0.6 is 23.4 Å². The van der Waals surface area contributed by atoms with E-state index in [1.807, 2.05) is 36.1 Å². The van der Waals surface area contributed by atoms with E-state index in [1.54, 1.807) is 28.8 Å². The summed E-state index contributed by atoms with van der Waals surface area (Å²) in [5, 5.41) is 1.22. The second-order valence-electron chi connectivity index (χ2n) is 6.82. The largest absolute Gasteiger partial charge is 0.342 e. The number of thioether (sulfide) groups is 1. The maximum atomic E-state index is 13.2. The molecule has 1 aliphatic heterocycles. The van der Waals surface area contributed by atoms with Gasteiger partial charge in [-0.15, -0.1) is 0 Å². The summed E-state index contributed by atoms with van der Waals surface area (Å²) in [6.45, 7) is 3.47. The lowest BCUT2D eigenvalue weighted by atomic mass is 10.2. The van der Waals surface area contributed by atoms with E-state index in [0.717, 1.165) is 25.9 Å². The molecule has 5 nitrogen and oxygen atoms in total. The first-order valence-electron chi connectivity index (χ1n) is 9.28. The molecule has 0 saturated carbocycles. The van der Waals surface area contributed by atoms with Gasteiger partial charge in [-0.05, 0) is 50.1 Å². The van der Waals surface area contributed by atoms with E-state index < -0.39 is 0 Å². The minimum atomic E-state index is -0.336. The van der Waals surface area contributed by atoms with Crippen molar-refractivity contribution in [3.63, 3.8) is 0 Å². The fourth-order valence-corrected chi connectivity index (χ4v) is 4.63. The van der Waals surface area contributed by atoms with E-state index in [1.165, 1.54) is 11.8 Å². The Morgan fingerprint density at radius 2 is 1.89 bits per heavy atom. The Kier molecular flexibility index (Phi) is 5.42. The predicted octanol–water partition coefficient (Wildman–Crippen LogP) is 4.14. The van der Waals surface area contributed by atoms with Crippen LogP contribution in [0.25, 0.3) is 16.6 Å². The van der Waals surface area contributed by atoms with Gasteiger partial charge >= 0.3 is 0 Å². The molecule has 1 fully saturated rings. The number of benzene rings is 2. The van der Waals surface area contributed by atoms with Crippen molar-refractivity contribution in [1.82, 2.24) is 14.5 Å². The van der Waals surface area contributed by atoms with Crippen molar-refractivity contribution in [2.75, 3.05) is 13.1 Å². The standard InChI is InChI=1S/C21H20ClN3O2S/c1-14(19(26)24-11-4-5-12-24)28-21-23-18-10-3-2-9-17(18)20(27)25(21)16-8-6-7-15(22)13-16/h2-3,6-10,13-14H,4-5,11-12H2,1H3. The van der Waals surface area contributed by atoms with Crippen LogP contribution in [0, 0.1) is 0 Å². The van der Waals surface area contributed by atoms with Gasteiger partial charge in [-0.2, -0.15) is 0 Å². The normalized spacial score (nSPS) is 15.1. The summed E-state index contributed by atoms with van der Waals surface area (Å²) in [4.78, 5) is 32.6. The predicted molar refractivity (Wildman–Crippen MR) is 113 cm³/mol. The van der Waals surface area contributed by atoms with Crippen molar-refractivity contribution in [2.45, 2.75) is 30.2 Å². The third-order valence-corrected chi connectivity index (χ3v) is 6.13. The zero-order chi connectivity index (χ0) is 19.7. The minimum Gasteiger partial charge on any atom is -0.342 e. The Labute approximate surface area is 172 Å². The van der Waals surface area contributed by atoms with Gasteiger partial charge in [0.1, 0.15) is 0 Å². The Balaban J connectivity index is 1.80. The number of hydrogen-bond donors (Lipinski definition) is 0. The van der Waals surface area contributed by atoms with Gasteiger partial charge in [-0.3, -0.25) is 14.2 Å². The van der Waals surface area contributed by atoms with Gasteiger partial charge in [0.05, 0.1) is 21.8 Å². The molecule has 0 aliphatic carbocycles. The zero-order valence-electron chi connectivity index (χ0n) is 15.5. The molecule has 1 saturated heterocycles. The SMILES string of the molecule is CC(Sc1nc2ccccc2c(=O)n1-c1cccc(Cl)c1)C(=O)N1CCCC1. The summed E-state index contributed by atoms with van der Waals surface area (Å²) in [5.74, 6) is 0.0857. The number of halogens is 1. The molecule has 3 aromatic rings. The molecular formula is C21H20ClN3O2S. The van der Waals surface area contributed by atoms with Gasteiger partial charge in [0.25, 0.3) is 5.56 Å². The second kappa shape index (κ2) is 7.97. The Morgan fingerprint density at radius 1 is 1.14 bits per heavy atom. The minimum absolute atomic E-state index is 0.0857. The molecule has 1 atom stereocenters. The number of fused-ring (bicyclic) bond motifs is 1. The molecule has 2 heterocycles. The zero-order valence-corrected chi connectivity index (χ0v) is 17.0. The van der Waals surface area contributed by atoms with Crippen molar-refractivity contribution < 1.29 is 4.79 Å². The molecule has 1 unspecified atom stereocenters. The third kappa shape index (κ3) is 3.66. The molecule has 7 heteroatoms. The lowest BCUT2D eigenvalue weighted by Gasteiger charge is -2.21. The summed E-state index contributed by atoms with van der Waals surface area (Å²) >= 11 is 7.47. The summed E-state index contributed by atoms with van der Waals surface area (Å²) in [7, 11) is 0. The molecular weight excluding hydrogens is 394 g/mol. The highest BCUT2D eigenvalue weighted by atomic mass is 35.5. The summed E-state index contributed by atoms with van der Waals surface area (Å²) in [6, 6.07) is 14.4. The lowest BCUT2D eigenvalue weighted by Crippen LogP contribution is -2.34. The van der Waals surface area contributed by atoms with E-state index in [4.69, 9.17) is 16.6 Å². The first-order valence-corrected chi connectivity index (χ1v) is 10.5. The van der Waals surface area contributed by atoms with E-state index in [2.05, 4.69) is 0 Å². The fraction of sp³-hybridized carbons (Fsp3) is 0.286. The van der Waals surface area contributed by atoms with Crippen LogP contribution < -0.4 is 5.56 Å². The topological polar surface area (TPSA) is 55.2 Å². The van der Waals surface area contributed by atoms with E-state index in [-0.39, 0.29) is 16.7 Å². The Morgan fingerprint density at radius 3 is 2.64 bits per heavy atom. The number of para-hydroxylation sites is 1. The number of hydrogen-bond acceptors (Lipinski definition) is 4. The van der Waals surface area contributed by atoms with E-state index in [9.17, 15) is 9.59 Å². The number of nitrogens with zero attached hydrogens (tertiary/aromatic N) is 3. The van der Waals surface area contributed by atoms with Gasteiger partial charge in [-0.1, -0.05) is 41.6 Å². The molecule has 1 amide bonds.